The minimum absolute atomic E-state index is 0.253. The van der Waals surface area contributed by atoms with Gasteiger partial charge in [0, 0.05) is 6.61 Å². The topological polar surface area (TPSA) is 64.3 Å². The van der Waals surface area contributed by atoms with Crippen molar-refractivity contribution in [2.75, 3.05) is 13.2 Å². The van der Waals surface area contributed by atoms with Gasteiger partial charge in [-0.2, -0.15) is 0 Å². The van der Waals surface area contributed by atoms with Crippen molar-refractivity contribution in [1.82, 2.24) is 5.32 Å². The summed E-state index contributed by atoms with van der Waals surface area (Å²) in [6, 6.07) is 0. The first kappa shape index (κ1) is 15.4. The van der Waals surface area contributed by atoms with Crippen LogP contribution in [0.4, 0.5) is 0 Å². The molecule has 0 aliphatic carbocycles. The summed E-state index contributed by atoms with van der Waals surface area (Å²) in [5.74, 6) is -0.318. The Labute approximate surface area is 98.9 Å². The molecule has 0 saturated carbocycles. The molecule has 3 N–H and O–H groups in total. The van der Waals surface area contributed by atoms with Crippen LogP contribution in [0, 0.1) is 0 Å². The van der Waals surface area contributed by atoms with Gasteiger partial charge < -0.3 is 15.8 Å². The molecule has 0 saturated heterocycles. The highest BCUT2D eigenvalue weighted by Gasteiger charge is 2.29. The van der Waals surface area contributed by atoms with E-state index in [0.29, 0.717) is 13.0 Å². The van der Waals surface area contributed by atoms with Crippen LogP contribution in [-0.4, -0.2) is 30.7 Å². The molecular formula is C12H26N2O2. The largest absolute Gasteiger partial charge is 0.378 e. The lowest BCUT2D eigenvalue weighted by Gasteiger charge is -2.27. The van der Waals surface area contributed by atoms with Crippen molar-refractivity contribution >= 4 is 5.91 Å². The van der Waals surface area contributed by atoms with Crippen LogP contribution in [0.2, 0.25) is 0 Å². The Morgan fingerprint density at radius 2 is 2.12 bits per heavy atom. The van der Waals surface area contributed by atoms with E-state index in [1.165, 1.54) is 0 Å². The van der Waals surface area contributed by atoms with E-state index in [-0.39, 0.29) is 12.0 Å². The minimum atomic E-state index is -0.652. The molecule has 4 heteroatoms. The second-order valence-electron chi connectivity index (χ2n) is 4.45. The second-order valence-corrected chi connectivity index (χ2v) is 4.45. The molecule has 96 valence electrons. The Hall–Kier alpha value is -0.610. The summed E-state index contributed by atoms with van der Waals surface area (Å²) in [7, 11) is 0. The van der Waals surface area contributed by atoms with Crippen molar-refractivity contribution in [2.45, 2.75) is 58.6 Å². The molecule has 4 nitrogen and oxygen atoms in total. The summed E-state index contributed by atoms with van der Waals surface area (Å²) in [6.07, 6.45) is 3.03. The first-order valence-corrected chi connectivity index (χ1v) is 6.12. The molecule has 0 radical (unpaired) electrons. The molecule has 0 fully saturated rings. The van der Waals surface area contributed by atoms with Gasteiger partial charge in [-0.05, 0) is 33.2 Å². The van der Waals surface area contributed by atoms with Gasteiger partial charge in [0.1, 0.15) is 0 Å². The Kier molecular flexibility index (Phi) is 7.34. The Bertz CT molecular complexity index is 209. The fourth-order valence-corrected chi connectivity index (χ4v) is 1.64. The summed E-state index contributed by atoms with van der Waals surface area (Å²) in [4.78, 5) is 11.3. The molecule has 0 aliphatic rings. The van der Waals surface area contributed by atoms with Crippen molar-refractivity contribution in [3.05, 3.63) is 0 Å². The number of likely N-dealkylation sites (N-methyl/N-ethyl adjacent to an activating group) is 1. The van der Waals surface area contributed by atoms with Crippen molar-refractivity contribution in [3.63, 3.8) is 0 Å². The number of ether oxygens (including phenoxy) is 1. The van der Waals surface area contributed by atoms with Gasteiger partial charge in [-0.25, -0.2) is 0 Å². The van der Waals surface area contributed by atoms with Crippen LogP contribution in [-0.2, 0) is 9.53 Å². The van der Waals surface area contributed by atoms with E-state index in [4.69, 9.17) is 10.5 Å². The SMILES string of the molecule is CCCC(C)OCCC(C)(NCC)C(N)=O. The zero-order valence-electron chi connectivity index (χ0n) is 11.0. The first-order valence-electron chi connectivity index (χ1n) is 6.12. The van der Waals surface area contributed by atoms with E-state index >= 15 is 0 Å². The van der Waals surface area contributed by atoms with E-state index < -0.39 is 5.54 Å². The number of primary amides is 1. The molecule has 0 bridgehead atoms. The molecule has 0 rings (SSSR count). The van der Waals surface area contributed by atoms with E-state index in [0.717, 1.165) is 19.4 Å². The Morgan fingerprint density at radius 1 is 1.50 bits per heavy atom. The average molecular weight is 230 g/mol. The predicted molar refractivity (Wildman–Crippen MR) is 66.2 cm³/mol. The number of rotatable bonds is 9. The van der Waals surface area contributed by atoms with Gasteiger partial charge in [-0.3, -0.25) is 4.79 Å². The highest BCUT2D eigenvalue weighted by Crippen LogP contribution is 2.10. The van der Waals surface area contributed by atoms with Crippen LogP contribution in [0.25, 0.3) is 0 Å². The lowest BCUT2D eigenvalue weighted by molar-refractivity contribution is -0.124. The molecule has 0 spiro atoms. The average Bonchev–Trinajstić information content (AvgIpc) is 2.18. The van der Waals surface area contributed by atoms with Gasteiger partial charge in [0.25, 0.3) is 0 Å². The summed E-state index contributed by atoms with van der Waals surface area (Å²) < 4.78 is 5.63. The van der Waals surface area contributed by atoms with Crippen LogP contribution in [0.15, 0.2) is 0 Å². The third kappa shape index (κ3) is 5.47. The standard InChI is InChI=1S/C12H26N2O2/c1-5-7-10(3)16-9-8-12(4,11(13)15)14-6-2/h10,14H,5-9H2,1-4H3,(H2,13,15). The highest BCUT2D eigenvalue weighted by atomic mass is 16.5. The molecule has 16 heavy (non-hydrogen) atoms. The van der Waals surface area contributed by atoms with Gasteiger partial charge in [0.05, 0.1) is 11.6 Å². The zero-order valence-corrected chi connectivity index (χ0v) is 11.0. The summed E-state index contributed by atoms with van der Waals surface area (Å²) >= 11 is 0. The molecule has 0 aromatic carbocycles. The molecule has 2 unspecified atom stereocenters. The van der Waals surface area contributed by atoms with E-state index in [9.17, 15) is 4.79 Å². The third-order valence-corrected chi connectivity index (χ3v) is 2.81. The minimum Gasteiger partial charge on any atom is -0.378 e. The number of carbonyl (C=O) groups is 1. The number of amides is 1. The molecule has 2 atom stereocenters. The monoisotopic (exact) mass is 230 g/mol. The van der Waals surface area contributed by atoms with E-state index in [1.54, 1.807) is 0 Å². The van der Waals surface area contributed by atoms with Gasteiger partial charge in [0.2, 0.25) is 5.91 Å². The lowest BCUT2D eigenvalue weighted by Crippen LogP contribution is -2.53. The third-order valence-electron chi connectivity index (χ3n) is 2.81. The fourth-order valence-electron chi connectivity index (χ4n) is 1.64. The fraction of sp³-hybridized carbons (Fsp3) is 0.917. The summed E-state index contributed by atoms with van der Waals surface area (Å²) in [6.45, 7) is 9.26. The maximum atomic E-state index is 11.3. The number of nitrogens with one attached hydrogen (secondary N) is 1. The smallest absolute Gasteiger partial charge is 0.237 e. The molecule has 0 aromatic rings. The van der Waals surface area contributed by atoms with Gasteiger partial charge in [0.15, 0.2) is 0 Å². The maximum Gasteiger partial charge on any atom is 0.237 e. The zero-order chi connectivity index (χ0) is 12.6. The van der Waals surface area contributed by atoms with Gasteiger partial charge >= 0.3 is 0 Å². The molecule has 1 amide bonds. The number of carbonyl (C=O) groups excluding carboxylic acids is 1. The molecule has 0 aliphatic heterocycles. The lowest BCUT2D eigenvalue weighted by atomic mass is 9.97. The number of hydrogen-bond acceptors (Lipinski definition) is 3. The Morgan fingerprint density at radius 3 is 2.56 bits per heavy atom. The second kappa shape index (κ2) is 7.63. The van der Waals surface area contributed by atoms with Crippen LogP contribution in [0.3, 0.4) is 0 Å². The van der Waals surface area contributed by atoms with Gasteiger partial charge in [-0.1, -0.05) is 20.3 Å². The predicted octanol–water partition coefficient (Wildman–Crippen LogP) is 1.44. The van der Waals surface area contributed by atoms with Crippen LogP contribution in [0.5, 0.6) is 0 Å². The van der Waals surface area contributed by atoms with Crippen molar-refractivity contribution in [3.8, 4) is 0 Å². The molecular weight excluding hydrogens is 204 g/mol. The summed E-state index contributed by atoms with van der Waals surface area (Å²) in [5.41, 5.74) is 4.72. The van der Waals surface area contributed by atoms with Crippen molar-refractivity contribution in [2.24, 2.45) is 5.73 Å². The molecule has 0 aromatic heterocycles. The van der Waals surface area contributed by atoms with E-state index in [1.807, 2.05) is 13.8 Å². The number of hydrogen-bond donors (Lipinski definition) is 2. The quantitative estimate of drug-likeness (QED) is 0.630. The van der Waals surface area contributed by atoms with Crippen LogP contribution >= 0.6 is 0 Å². The maximum absolute atomic E-state index is 11.3. The van der Waals surface area contributed by atoms with Crippen molar-refractivity contribution < 1.29 is 9.53 Å². The molecule has 0 heterocycles. The van der Waals surface area contributed by atoms with Crippen LogP contribution in [0.1, 0.15) is 47.0 Å². The normalized spacial score (nSPS) is 16.8. The van der Waals surface area contributed by atoms with Gasteiger partial charge in [-0.15, -0.1) is 0 Å². The summed E-state index contributed by atoms with van der Waals surface area (Å²) in [5, 5.41) is 3.11. The van der Waals surface area contributed by atoms with E-state index in [2.05, 4.69) is 19.2 Å². The Balaban J connectivity index is 3.99. The highest BCUT2D eigenvalue weighted by molar-refractivity contribution is 5.84. The number of nitrogens with two attached hydrogens (primary N) is 1. The first-order chi connectivity index (χ1) is 7.46. The van der Waals surface area contributed by atoms with Crippen LogP contribution < -0.4 is 11.1 Å². The van der Waals surface area contributed by atoms with Crippen molar-refractivity contribution in [1.29, 1.82) is 0 Å².